The van der Waals surface area contributed by atoms with E-state index in [1.165, 1.54) is 0 Å². The molecule has 2 aromatic heterocycles. The van der Waals surface area contributed by atoms with Crippen LogP contribution in [0.4, 0.5) is 5.69 Å². The number of ether oxygens (including phenoxy) is 1. The third-order valence-corrected chi connectivity index (χ3v) is 5.14. The summed E-state index contributed by atoms with van der Waals surface area (Å²) in [5, 5.41) is 0.994. The zero-order chi connectivity index (χ0) is 20.7. The van der Waals surface area contributed by atoms with Crippen molar-refractivity contribution in [2.75, 3.05) is 26.1 Å². The van der Waals surface area contributed by atoms with Crippen molar-refractivity contribution in [3.05, 3.63) is 72.8 Å². The molecule has 0 saturated carbocycles. The normalized spacial score (nSPS) is 11.2. The second kappa shape index (κ2) is 7.19. The summed E-state index contributed by atoms with van der Waals surface area (Å²) in [6.07, 6.45) is 0. The minimum atomic E-state index is 0.543. The first kappa shape index (κ1) is 18.2. The van der Waals surface area contributed by atoms with Crippen LogP contribution in [0.2, 0.25) is 0 Å². The Morgan fingerprint density at radius 3 is 2.50 bits per heavy atom. The molecule has 5 nitrogen and oxygen atoms in total. The zero-order valence-corrected chi connectivity index (χ0v) is 17.0. The third-order valence-electron chi connectivity index (χ3n) is 5.14. The van der Waals surface area contributed by atoms with E-state index in [4.69, 9.17) is 14.1 Å². The Hall–Kier alpha value is -3.86. The maximum absolute atomic E-state index is 6.07. The molecule has 0 amide bonds. The molecule has 1 radical (unpaired) electrons. The molecule has 2 heterocycles. The van der Waals surface area contributed by atoms with Gasteiger partial charge in [-0.25, -0.2) is 9.97 Å². The van der Waals surface area contributed by atoms with Crippen LogP contribution in [-0.2, 0) is 0 Å². The summed E-state index contributed by atoms with van der Waals surface area (Å²) in [6.45, 7) is 0. The lowest BCUT2D eigenvalue weighted by molar-refractivity contribution is 0.415. The molecule has 0 N–H and O–H groups in total. The van der Waals surface area contributed by atoms with E-state index < -0.39 is 0 Å². The van der Waals surface area contributed by atoms with Crippen LogP contribution >= 0.6 is 0 Å². The Morgan fingerprint density at radius 2 is 1.77 bits per heavy atom. The Morgan fingerprint density at radius 1 is 0.933 bits per heavy atom. The summed E-state index contributed by atoms with van der Waals surface area (Å²) in [7, 11) is 5.71. The van der Waals surface area contributed by atoms with E-state index in [2.05, 4.69) is 46.3 Å². The number of aromatic nitrogens is 2. The number of benzene rings is 3. The van der Waals surface area contributed by atoms with Gasteiger partial charge in [0.2, 0.25) is 5.89 Å². The molecule has 0 aliphatic heterocycles. The minimum Gasteiger partial charge on any atom is -0.497 e. The largest absolute Gasteiger partial charge is 0.497 e. The molecule has 0 bridgehead atoms. The molecular formula is C25H20N3O2. The van der Waals surface area contributed by atoms with Crippen LogP contribution in [0, 0.1) is 6.07 Å². The van der Waals surface area contributed by atoms with Gasteiger partial charge in [0.05, 0.1) is 23.9 Å². The lowest BCUT2D eigenvalue weighted by Gasteiger charge is -2.14. The molecule has 30 heavy (non-hydrogen) atoms. The summed E-state index contributed by atoms with van der Waals surface area (Å²) >= 11 is 0. The maximum Gasteiger partial charge on any atom is 0.229 e. The van der Waals surface area contributed by atoms with Crippen LogP contribution in [0.3, 0.4) is 0 Å². The second-order valence-corrected chi connectivity index (χ2v) is 7.30. The molecule has 0 spiro atoms. The van der Waals surface area contributed by atoms with Gasteiger partial charge in [-0.15, -0.1) is 0 Å². The predicted octanol–water partition coefficient (Wildman–Crippen LogP) is 5.58. The van der Waals surface area contributed by atoms with E-state index in [0.717, 1.165) is 50.3 Å². The van der Waals surface area contributed by atoms with Crippen molar-refractivity contribution in [2.45, 2.75) is 0 Å². The number of rotatable bonds is 4. The van der Waals surface area contributed by atoms with E-state index in [1.54, 1.807) is 7.11 Å². The number of hydrogen-bond donors (Lipinski definition) is 0. The maximum atomic E-state index is 6.07. The van der Waals surface area contributed by atoms with E-state index >= 15 is 0 Å². The van der Waals surface area contributed by atoms with Crippen molar-refractivity contribution in [1.82, 2.24) is 9.97 Å². The van der Waals surface area contributed by atoms with Crippen molar-refractivity contribution in [1.29, 1.82) is 0 Å². The fourth-order valence-corrected chi connectivity index (χ4v) is 3.51. The van der Waals surface area contributed by atoms with Crippen molar-refractivity contribution < 1.29 is 9.15 Å². The van der Waals surface area contributed by atoms with Gasteiger partial charge in [0.25, 0.3) is 0 Å². The molecule has 0 atom stereocenters. The second-order valence-electron chi connectivity index (χ2n) is 7.30. The summed E-state index contributed by atoms with van der Waals surface area (Å²) in [5.41, 5.74) is 6.14. The summed E-state index contributed by atoms with van der Waals surface area (Å²) in [6, 6.07) is 24.8. The van der Waals surface area contributed by atoms with Gasteiger partial charge >= 0.3 is 0 Å². The van der Waals surface area contributed by atoms with Gasteiger partial charge < -0.3 is 14.1 Å². The Labute approximate surface area is 174 Å². The SMILES string of the molecule is COc1ccc2cc(-c3nc4c[c]ccc4o3)c(-c3ccc(N(C)C)cc3)nc2c1. The first-order chi connectivity index (χ1) is 14.6. The van der Waals surface area contributed by atoms with Crippen molar-refractivity contribution in [3.63, 3.8) is 0 Å². The lowest BCUT2D eigenvalue weighted by Crippen LogP contribution is -2.08. The molecule has 3 aromatic carbocycles. The highest BCUT2D eigenvalue weighted by molar-refractivity contribution is 5.91. The van der Waals surface area contributed by atoms with E-state index in [-0.39, 0.29) is 0 Å². The smallest absolute Gasteiger partial charge is 0.229 e. The first-order valence-electron chi connectivity index (χ1n) is 9.66. The summed E-state index contributed by atoms with van der Waals surface area (Å²) in [5.74, 6) is 1.32. The van der Waals surface area contributed by atoms with Crippen LogP contribution < -0.4 is 9.64 Å². The molecule has 0 fully saturated rings. The Kier molecular flexibility index (Phi) is 4.36. The summed E-state index contributed by atoms with van der Waals surface area (Å²) < 4.78 is 11.5. The van der Waals surface area contributed by atoms with Crippen LogP contribution in [0.5, 0.6) is 5.75 Å². The number of methoxy groups -OCH3 is 1. The molecule has 0 unspecified atom stereocenters. The molecular weight excluding hydrogens is 374 g/mol. The topological polar surface area (TPSA) is 51.4 Å². The first-order valence-corrected chi connectivity index (χ1v) is 9.66. The van der Waals surface area contributed by atoms with Crippen LogP contribution in [-0.4, -0.2) is 31.2 Å². The fourth-order valence-electron chi connectivity index (χ4n) is 3.51. The van der Waals surface area contributed by atoms with Gasteiger partial charge in [-0.3, -0.25) is 0 Å². The number of nitrogens with zero attached hydrogens (tertiary/aromatic N) is 3. The number of oxazole rings is 1. The average molecular weight is 394 g/mol. The van der Waals surface area contributed by atoms with Gasteiger partial charge in [0.15, 0.2) is 5.58 Å². The van der Waals surface area contributed by atoms with E-state index in [9.17, 15) is 0 Å². The molecule has 5 rings (SSSR count). The van der Waals surface area contributed by atoms with Crippen molar-refractivity contribution >= 4 is 27.7 Å². The molecule has 0 aliphatic rings. The highest BCUT2D eigenvalue weighted by Crippen LogP contribution is 2.35. The van der Waals surface area contributed by atoms with E-state index in [1.807, 2.05) is 50.5 Å². The van der Waals surface area contributed by atoms with Crippen LogP contribution in [0.25, 0.3) is 44.7 Å². The lowest BCUT2D eigenvalue weighted by atomic mass is 10.0. The molecule has 5 heteroatoms. The number of fused-ring (bicyclic) bond motifs is 2. The van der Waals surface area contributed by atoms with Crippen LogP contribution in [0.15, 0.2) is 71.1 Å². The monoisotopic (exact) mass is 394 g/mol. The number of hydrogen-bond acceptors (Lipinski definition) is 5. The van der Waals surface area contributed by atoms with Crippen molar-refractivity contribution in [3.8, 4) is 28.5 Å². The minimum absolute atomic E-state index is 0.543. The molecule has 0 saturated heterocycles. The average Bonchev–Trinajstić information content (AvgIpc) is 3.22. The highest BCUT2D eigenvalue weighted by Gasteiger charge is 2.17. The van der Waals surface area contributed by atoms with Gasteiger partial charge in [0, 0.05) is 36.8 Å². The van der Waals surface area contributed by atoms with Crippen molar-refractivity contribution in [2.24, 2.45) is 0 Å². The number of pyridine rings is 1. The quantitative estimate of drug-likeness (QED) is 0.398. The van der Waals surface area contributed by atoms with E-state index in [0.29, 0.717) is 5.89 Å². The third kappa shape index (κ3) is 3.14. The van der Waals surface area contributed by atoms with Gasteiger partial charge in [-0.1, -0.05) is 18.2 Å². The fraction of sp³-hybridized carbons (Fsp3) is 0.120. The summed E-state index contributed by atoms with van der Waals surface area (Å²) in [4.78, 5) is 11.7. The van der Waals surface area contributed by atoms with Gasteiger partial charge in [-0.2, -0.15) is 0 Å². The standard InChI is InChI=1S/C25H20N3O2/c1-28(2)18-11-8-16(9-12-18)24-20(25-27-21-6-4-5-7-23(21)30-25)14-17-10-13-19(29-3)15-22(17)26-24/h5-15H,1-3H3. The Bertz CT molecular complexity index is 1320. The molecule has 147 valence electrons. The highest BCUT2D eigenvalue weighted by atomic mass is 16.5. The number of anilines is 1. The zero-order valence-electron chi connectivity index (χ0n) is 17.0. The van der Waals surface area contributed by atoms with Gasteiger partial charge in [0.1, 0.15) is 11.3 Å². The molecule has 5 aromatic rings. The predicted molar refractivity (Wildman–Crippen MR) is 120 cm³/mol. The Balaban J connectivity index is 1.75. The van der Waals surface area contributed by atoms with Crippen LogP contribution in [0.1, 0.15) is 0 Å². The van der Waals surface area contributed by atoms with Gasteiger partial charge in [-0.05, 0) is 48.5 Å². The molecule has 0 aliphatic carbocycles.